The number of benzene rings is 1. The van der Waals surface area contributed by atoms with Crippen LogP contribution < -0.4 is 10.9 Å². The molecule has 1 saturated carbocycles. The van der Waals surface area contributed by atoms with E-state index in [-0.39, 0.29) is 28.3 Å². The molecule has 2 aliphatic rings. The van der Waals surface area contributed by atoms with Crippen molar-refractivity contribution in [1.82, 2.24) is 10.3 Å². The third-order valence-corrected chi connectivity index (χ3v) is 6.13. The van der Waals surface area contributed by atoms with Crippen LogP contribution in [0.15, 0.2) is 41.2 Å². The molecule has 27 heavy (non-hydrogen) atoms. The van der Waals surface area contributed by atoms with Crippen LogP contribution in [0.3, 0.4) is 0 Å². The molecule has 0 aliphatic heterocycles. The molecule has 1 heterocycles. The summed E-state index contributed by atoms with van der Waals surface area (Å²) in [6.07, 6.45) is 4.57. The Hall–Kier alpha value is -2.36. The number of rotatable bonds is 3. The van der Waals surface area contributed by atoms with Gasteiger partial charge in [0.1, 0.15) is 0 Å². The van der Waals surface area contributed by atoms with Crippen LogP contribution in [0.2, 0.25) is 0 Å². The Labute approximate surface area is 160 Å². The van der Waals surface area contributed by atoms with Gasteiger partial charge in [0.25, 0.3) is 0 Å². The summed E-state index contributed by atoms with van der Waals surface area (Å²) < 4.78 is 0. The van der Waals surface area contributed by atoms with E-state index in [2.05, 4.69) is 55.3 Å². The first-order chi connectivity index (χ1) is 12.8. The second-order valence-corrected chi connectivity index (χ2v) is 9.08. The Balaban J connectivity index is 1.55. The standard InChI is InChI=1S/C23H28N2O2/c1-22(2,3)15-7-9-16(10-8-15)23(13-14-23)21(27)25-19-6-4-5-18-17(19)11-12-20(26)24-18/h7-12,19H,4-6,13-14H2,1-3H3,(H,24,26)(H,25,27). The third kappa shape index (κ3) is 3.33. The highest BCUT2D eigenvalue weighted by Gasteiger charge is 2.51. The van der Waals surface area contributed by atoms with Crippen molar-refractivity contribution in [1.29, 1.82) is 0 Å². The van der Waals surface area contributed by atoms with E-state index in [9.17, 15) is 9.59 Å². The Morgan fingerprint density at radius 2 is 1.81 bits per heavy atom. The molecule has 1 unspecified atom stereocenters. The summed E-state index contributed by atoms with van der Waals surface area (Å²) >= 11 is 0. The van der Waals surface area contributed by atoms with Crippen molar-refractivity contribution in [3.63, 3.8) is 0 Å². The van der Waals surface area contributed by atoms with Crippen molar-refractivity contribution in [2.75, 3.05) is 0 Å². The predicted octanol–water partition coefficient (Wildman–Crippen LogP) is 3.90. The molecular formula is C23H28N2O2. The molecule has 0 bridgehead atoms. The molecule has 1 amide bonds. The molecule has 1 aromatic heterocycles. The van der Waals surface area contributed by atoms with Gasteiger partial charge in [-0.3, -0.25) is 9.59 Å². The summed E-state index contributed by atoms with van der Waals surface area (Å²) in [6.45, 7) is 6.60. The topological polar surface area (TPSA) is 62.0 Å². The maximum Gasteiger partial charge on any atom is 0.248 e. The van der Waals surface area contributed by atoms with Gasteiger partial charge in [0.2, 0.25) is 11.5 Å². The number of H-pyrrole nitrogens is 1. The molecule has 0 radical (unpaired) electrons. The summed E-state index contributed by atoms with van der Waals surface area (Å²) in [7, 11) is 0. The lowest BCUT2D eigenvalue weighted by Gasteiger charge is -2.28. The molecule has 2 N–H and O–H groups in total. The largest absolute Gasteiger partial charge is 0.348 e. The van der Waals surface area contributed by atoms with E-state index in [1.54, 1.807) is 6.07 Å². The molecular weight excluding hydrogens is 336 g/mol. The molecule has 2 aliphatic carbocycles. The minimum absolute atomic E-state index is 0.00979. The summed E-state index contributed by atoms with van der Waals surface area (Å²) in [5.74, 6) is 0.120. The van der Waals surface area contributed by atoms with E-state index >= 15 is 0 Å². The third-order valence-electron chi connectivity index (χ3n) is 6.13. The van der Waals surface area contributed by atoms with Gasteiger partial charge in [-0.2, -0.15) is 0 Å². The molecule has 1 fully saturated rings. The summed E-state index contributed by atoms with van der Waals surface area (Å²) in [6, 6.07) is 12.0. The van der Waals surface area contributed by atoms with Gasteiger partial charge in [0.15, 0.2) is 0 Å². The van der Waals surface area contributed by atoms with Crippen LogP contribution in [0.5, 0.6) is 0 Å². The quantitative estimate of drug-likeness (QED) is 0.868. The number of hydrogen-bond donors (Lipinski definition) is 2. The van der Waals surface area contributed by atoms with E-state index < -0.39 is 0 Å². The lowest BCUT2D eigenvalue weighted by Crippen LogP contribution is -2.39. The zero-order chi connectivity index (χ0) is 19.2. The SMILES string of the molecule is CC(C)(C)c1ccc(C2(C(=O)NC3CCCc4[nH]c(=O)ccc43)CC2)cc1. The van der Waals surface area contributed by atoms with E-state index in [4.69, 9.17) is 0 Å². The summed E-state index contributed by atoms with van der Waals surface area (Å²) in [5.41, 5.74) is 4.10. The molecule has 4 rings (SSSR count). The second-order valence-electron chi connectivity index (χ2n) is 9.08. The van der Waals surface area contributed by atoms with Gasteiger partial charge in [-0.05, 0) is 60.3 Å². The number of carbonyl (C=O) groups excluding carboxylic acids is 1. The Bertz CT molecular complexity index is 915. The van der Waals surface area contributed by atoms with Crippen molar-refractivity contribution < 1.29 is 4.79 Å². The molecule has 0 spiro atoms. The fourth-order valence-corrected chi connectivity index (χ4v) is 4.21. The normalized spacial score (nSPS) is 20.6. The van der Waals surface area contributed by atoms with Crippen LogP contribution in [-0.4, -0.2) is 10.9 Å². The molecule has 142 valence electrons. The van der Waals surface area contributed by atoms with Crippen LogP contribution in [-0.2, 0) is 22.0 Å². The van der Waals surface area contributed by atoms with Gasteiger partial charge >= 0.3 is 0 Å². The van der Waals surface area contributed by atoms with Gasteiger partial charge < -0.3 is 10.3 Å². The first-order valence-electron chi connectivity index (χ1n) is 9.94. The monoisotopic (exact) mass is 364 g/mol. The van der Waals surface area contributed by atoms with Gasteiger partial charge in [-0.15, -0.1) is 0 Å². The van der Waals surface area contributed by atoms with Crippen LogP contribution >= 0.6 is 0 Å². The van der Waals surface area contributed by atoms with Gasteiger partial charge in [-0.25, -0.2) is 0 Å². The first-order valence-corrected chi connectivity index (χ1v) is 9.94. The van der Waals surface area contributed by atoms with Gasteiger partial charge in [0, 0.05) is 11.8 Å². The highest BCUT2D eigenvalue weighted by molar-refractivity contribution is 5.91. The van der Waals surface area contributed by atoms with Crippen molar-refractivity contribution in [2.24, 2.45) is 0 Å². The lowest BCUT2D eigenvalue weighted by molar-refractivity contribution is -0.124. The Morgan fingerprint density at radius 3 is 2.44 bits per heavy atom. The lowest BCUT2D eigenvalue weighted by atomic mass is 9.84. The van der Waals surface area contributed by atoms with E-state index in [1.165, 1.54) is 5.56 Å². The highest BCUT2D eigenvalue weighted by atomic mass is 16.2. The fraction of sp³-hybridized carbons (Fsp3) is 0.478. The summed E-state index contributed by atoms with van der Waals surface area (Å²) in [4.78, 5) is 27.7. The maximum atomic E-state index is 13.2. The fourth-order valence-electron chi connectivity index (χ4n) is 4.21. The number of aromatic nitrogens is 1. The van der Waals surface area contributed by atoms with E-state index in [0.717, 1.165) is 48.9 Å². The van der Waals surface area contributed by atoms with E-state index in [0.29, 0.717) is 0 Å². The van der Waals surface area contributed by atoms with Crippen LogP contribution in [0, 0.1) is 0 Å². The second kappa shape index (κ2) is 6.36. The Kier molecular flexibility index (Phi) is 4.25. The number of amides is 1. The maximum absolute atomic E-state index is 13.2. The molecule has 0 saturated heterocycles. The minimum atomic E-state index is -0.379. The van der Waals surface area contributed by atoms with Crippen molar-refractivity contribution in [3.05, 3.63) is 69.1 Å². The first kappa shape index (κ1) is 18.0. The number of fused-ring (bicyclic) bond motifs is 1. The summed E-state index contributed by atoms with van der Waals surface area (Å²) in [5, 5.41) is 3.28. The zero-order valence-corrected chi connectivity index (χ0v) is 16.4. The van der Waals surface area contributed by atoms with E-state index in [1.807, 2.05) is 6.07 Å². The number of nitrogens with one attached hydrogen (secondary N) is 2. The van der Waals surface area contributed by atoms with Crippen molar-refractivity contribution in [3.8, 4) is 0 Å². The molecule has 4 heteroatoms. The average molecular weight is 364 g/mol. The molecule has 1 atom stereocenters. The minimum Gasteiger partial charge on any atom is -0.348 e. The molecule has 4 nitrogen and oxygen atoms in total. The van der Waals surface area contributed by atoms with Crippen LogP contribution in [0.25, 0.3) is 0 Å². The Morgan fingerprint density at radius 1 is 1.11 bits per heavy atom. The highest BCUT2D eigenvalue weighted by Crippen LogP contribution is 2.49. The molecule has 2 aromatic rings. The number of carbonyl (C=O) groups is 1. The molecule has 1 aromatic carbocycles. The number of hydrogen-bond acceptors (Lipinski definition) is 2. The van der Waals surface area contributed by atoms with Gasteiger partial charge in [0.05, 0.1) is 11.5 Å². The smallest absolute Gasteiger partial charge is 0.248 e. The number of aryl methyl sites for hydroxylation is 1. The average Bonchev–Trinajstić information content (AvgIpc) is 3.43. The van der Waals surface area contributed by atoms with Gasteiger partial charge in [-0.1, -0.05) is 45.0 Å². The zero-order valence-electron chi connectivity index (χ0n) is 16.4. The number of aromatic amines is 1. The number of pyridine rings is 1. The van der Waals surface area contributed by atoms with Crippen LogP contribution in [0.1, 0.15) is 74.9 Å². The van der Waals surface area contributed by atoms with Crippen molar-refractivity contribution >= 4 is 5.91 Å². The van der Waals surface area contributed by atoms with Crippen LogP contribution in [0.4, 0.5) is 0 Å². The predicted molar refractivity (Wildman–Crippen MR) is 107 cm³/mol. The van der Waals surface area contributed by atoms with Crippen molar-refractivity contribution in [2.45, 2.75) is 69.7 Å².